The molecule has 0 saturated carbocycles. The Morgan fingerprint density at radius 1 is 0.870 bits per heavy atom. The van der Waals surface area contributed by atoms with Crippen molar-refractivity contribution in [3.63, 3.8) is 0 Å². The summed E-state index contributed by atoms with van der Waals surface area (Å²) < 4.78 is 6.26. The number of nitrogens with zero attached hydrogens (tertiary/aromatic N) is 1. The maximum atomic E-state index is 6.26. The van der Waals surface area contributed by atoms with E-state index < -0.39 is 8.07 Å². The van der Waals surface area contributed by atoms with Gasteiger partial charge >= 0.3 is 0 Å². The minimum Gasteiger partial charge on any atom is -0.455 e. The van der Waals surface area contributed by atoms with Crippen LogP contribution < -0.4 is 5.19 Å². The van der Waals surface area contributed by atoms with Crippen LogP contribution in [0, 0.1) is 0 Å². The molecule has 0 fully saturated rings. The first kappa shape index (κ1) is 14.2. The van der Waals surface area contributed by atoms with Gasteiger partial charge in [0, 0.05) is 17.1 Å². The number of rotatable bonds is 2. The average molecular weight is 317 g/mol. The zero-order chi connectivity index (χ0) is 16.0. The Kier molecular flexibility index (Phi) is 3.13. The largest absolute Gasteiger partial charge is 0.455 e. The Morgan fingerprint density at radius 3 is 2.43 bits per heavy atom. The molecule has 2 aromatic heterocycles. The number of para-hydroxylation sites is 1. The van der Waals surface area contributed by atoms with Crippen molar-refractivity contribution in [2.24, 2.45) is 0 Å². The molecule has 0 aliphatic heterocycles. The highest BCUT2D eigenvalue weighted by Crippen LogP contribution is 2.34. The molecule has 23 heavy (non-hydrogen) atoms. The highest BCUT2D eigenvalue weighted by molar-refractivity contribution is 6.90. The third-order valence-corrected chi connectivity index (χ3v) is 6.30. The van der Waals surface area contributed by atoms with Crippen LogP contribution in [-0.4, -0.2) is 13.1 Å². The van der Waals surface area contributed by atoms with E-state index in [0.29, 0.717) is 0 Å². The number of pyridine rings is 1. The molecule has 4 aromatic rings. The fourth-order valence-corrected chi connectivity index (χ4v) is 4.80. The Hall–Kier alpha value is -2.39. The summed E-state index contributed by atoms with van der Waals surface area (Å²) in [5.74, 6) is 0. The molecule has 115 valence electrons. The average Bonchev–Trinajstić information content (AvgIpc) is 2.93. The quantitative estimate of drug-likeness (QED) is 0.475. The van der Waals surface area contributed by atoms with E-state index in [0.717, 1.165) is 22.4 Å². The summed E-state index contributed by atoms with van der Waals surface area (Å²) in [6, 6.07) is 18.8. The molecule has 2 nitrogen and oxygen atoms in total. The van der Waals surface area contributed by atoms with Crippen LogP contribution in [0.1, 0.15) is 0 Å². The summed E-state index contributed by atoms with van der Waals surface area (Å²) in [5.41, 5.74) is 3.92. The van der Waals surface area contributed by atoms with Gasteiger partial charge in [-0.1, -0.05) is 30.3 Å². The third kappa shape index (κ3) is 2.28. The van der Waals surface area contributed by atoms with Crippen molar-refractivity contribution in [2.45, 2.75) is 19.6 Å². The van der Waals surface area contributed by atoms with Crippen LogP contribution in [0.3, 0.4) is 0 Å². The highest BCUT2D eigenvalue weighted by atomic mass is 28.3. The molecule has 0 N–H and O–H groups in total. The van der Waals surface area contributed by atoms with Crippen LogP contribution >= 0.6 is 0 Å². The fraction of sp³-hybridized carbons (Fsp3) is 0.150. The molecule has 2 heterocycles. The lowest BCUT2D eigenvalue weighted by atomic mass is 10.1. The Balaban J connectivity index is 2.12. The molecule has 0 bridgehead atoms. The summed E-state index contributed by atoms with van der Waals surface area (Å²) in [4.78, 5) is 4.49. The molecule has 0 aliphatic rings. The van der Waals surface area contributed by atoms with Gasteiger partial charge in [0.25, 0.3) is 0 Å². The van der Waals surface area contributed by atoms with Crippen LogP contribution in [0.2, 0.25) is 19.6 Å². The summed E-state index contributed by atoms with van der Waals surface area (Å²) in [5, 5.41) is 3.92. The van der Waals surface area contributed by atoms with Crippen molar-refractivity contribution in [1.29, 1.82) is 0 Å². The van der Waals surface area contributed by atoms with Gasteiger partial charge in [0.2, 0.25) is 0 Å². The lowest BCUT2D eigenvalue weighted by Gasteiger charge is -2.29. The van der Waals surface area contributed by atoms with E-state index in [1.54, 1.807) is 0 Å². The normalized spacial score (nSPS) is 12.1. The van der Waals surface area contributed by atoms with Gasteiger partial charge in [0.15, 0.2) is 0 Å². The minimum absolute atomic E-state index is 0.937. The SMILES string of the molecule is C[Si-](C)(C)c1cccc2oc3c(-c4ccccn4)cccc3c12. The van der Waals surface area contributed by atoms with E-state index in [9.17, 15) is 0 Å². The predicted octanol–water partition coefficient (Wildman–Crippen LogP) is 5.19. The van der Waals surface area contributed by atoms with Gasteiger partial charge in [0.05, 0.1) is 5.69 Å². The Morgan fingerprint density at radius 2 is 1.70 bits per heavy atom. The van der Waals surface area contributed by atoms with Crippen molar-refractivity contribution < 1.29 is 4.42 Å². The monoisotopic (exact) mass is 317 g/mol. The van der Waals surface area contributed by atoms with E-state index >= 15 is 0 Å². The van der Waals surface area contributed by atoms with Gasteiger partial charge in [-0.25, -0.2) is 0 Å². The van der Waals surface area contributed by atoms with E-state index in [4.69, 9.17) is 4.42 Å². The van der Waals surface area contributed by atoms with Crippen LogP contribution in [0.25, 0.3) is 33.2 Å². The van der Waals surface area contributed by atoms with Crippen molar-refractivity contribution in [1.82, 2.24) is 4.98 Å². The van der Waals surface area contributed by atoms with Crippen molar-refractivity contribution in [3.05, 3.63) is 60.8 Å². The zero-order valence-electron chi connectivity index (χ0n) is 13.6. The summed E-state index contributed by atoms with van der Waals surface area (Å²) in [6.45, 7) is 7.13. The van der Waals surface area contributed by atoms with Gasteiger partial charge in [0.1, 0.15) is 11.2 Å². The maximum absolute atomic E-state index is 6.26. The number of aromatic nitrogens is 1. The van der Waals surface area contributed by atoms with Crippen LogP contribution in [-0.2, 0) is 0 Å². The van der Waals surface area contributed by atoms with E-state index in [-0.39, 0.29) is 0 Å². The first-order valence-corrected chi connectivity index (χ1v) is 11.4. The molecule has 0 radical (unpaired) electrons. The number of benzene rings is 2. The van der Waals surface area contributed by atoms with Crippen molar-refractivity contribution in [2.75, 3.05) is 0 Å². The summed E-state index contributed by atoms with van der Waals surface area (Å²) in [7, 11) is -1.45. The lowest BCUT2D eigenvalue weighted by Crippen LogP contribution is -2.37. The first-order chi connectivity index (χ1) is 11.1. The van der Waals surface area contributed by atoms with E-state index in [1.165, 1.54) is 16.0 Å². The van der Waals surface area contributed by atoms with Crippen molar-refractivity contribution in [3.8, 4) is 11.3 Å². The molecule has 4 rings (SSSR count). The van der Waals surface area contributed by atoms with Crippen LogP contribution in [0.5, 0.6) is 0 Å². The minimum atomic E-state index is -1.45. The van der Waals surface area contributed by atoms with Gasteiger partial charge in [-0.3, -0.25) is 4.98 Å². The summed E-state index contributed by atoms with van der Waals surface area (Å²) >= 11 is 0. The zero-order valence-corrected chi connectivity index (χ0v) is 14.6. The molecule has 3 heteroatoms. The molecule has 0 amide bonds. The molecular formula is C20H19NOSi-. The second-order valence-electron chi connectivity index (χ2n) is 6.93. The number of fused-ring (bicyclic) bond motifs is 3. The molecular weight excluding hydrogens is 298 g/mol. The van der Waals surface area contributed by atoms with Crippen LogP contribution in [0.4, 0.5) is 0 Å². The summed E-state index contributed by atoms with van der Waals surface area (Å²) in [6.07, 6.45) is 1.82. The smallest absolute Gasteiger partial charge is 0.144 e. The van der Waals surface area contributed by atoms with E-state index in [1.807, 2.05) is 24.4 Å². The third-order valence-electron chi connectivity index (χ3n) is 4.27. The Bertz CT molecular complexity index is 997. The van der Waals surface area contributed by atoms with Crippen molar-refractivity contribution >= 4 is 35.2 Å². The van der Waals surface area contributed by atoms with Gasteiger partial charge in [-0.05, 0) is 29.7 Å². The van der Waals surface area contributed by atoms with Gasteiger partial charge in [-0.2, -0.15) is 24.8 Å². The predicted molar refractivity (Wildman–Crippen MR) is 99.9 cm³/mol. The molecule has 0 saturated heterocycles. The first-order valence-electron chi connectivity index (χ1n) is 7.92. The molecule has 0 unspecified atom stereocenters. The van der Waals surface area contributed by atoms with E-state index in [2.05, 4.69) is 61.0 Å². The number of hydrogen-bond donors (Lipinski definition) is 0. The second-order valence-corrected chi connectivity index (χ2v) is 12.0. The molecule has 2 aromatic carbocycles. The molecule has 0 spiro atoms. The topological polar surface area (TPSA) is 26.0 Å². The molecule has 0 atom stereocenters. The number of hydrogen-bond acceptors (Lipinski definition) is 2. The lowest BCUT2D eigenvalue weighted by molar-refractivity contribution is 0.670. The standard InChI is InChI=1S/C20H19NOSi/c1-23(2,3)18-12-7-11-17-19(18)15-9-6-8-14(20(15)22-17)16-10-4-5-13-21-16/h4-13H,1-3H3/q-1. The number of furan rings is 1. The molecule has 0 aliphatic carbocycles. The Labute approximate surface area is 136 Å². The second kappa shape index (κ2) is 5.07. The highest BCUT2D eigenvalue weighted by Gasteiger charge is 2.16. The van der Waals surface area contributed by atoms with Crippen LogP contribution in [0.15, 0.2) is 65.2 Å². The van der Waals surface area contributed by atoms with Gasteiger partial charge < -0.3 is 4.42 Å². The van der Waals surface area contributed by atoms with Gasteiger partial charge in [-0.15, -0.1) is 8.07 Å². The fourth-order valence-electron chi connectivity index (χ4n) is 3.20. The maximum Gasteiger partial charge on any atom is 0.144 e.